The van der Waals surface area contributed by atoms with E-state index in [4.69, 9.17) is 16.3 Å². The van der Waals surface area contributed by atoms with Gasteiger partial charge in [0, 0.05) is 10.9 Å². The van der Waals surface area contributed by atoms with E-state index in [1.54, 1.807) is 7.11 Å². The number of nitrogens with zero attached hydrogens (tertiary/aromatic N) is 1. The molecule has 0 amide bonds. The van der Waals surface area contributed by atoms with Crippen LogP contribution in [0.1, 0.15) is 0 Å². The minimum absolute atomic E-state index is 0.595. The van der Waals surface area contributed by atoms with Gasteiger partial charge < -0.3 is 4.74 Å². The first-order valence-corrected chi connectivity index (χ1v) is 5.22. The van der Waals surface area contributed by atoms with Crippen LogP contribution in [0.4, 0.5) is 0 Å². The largest absolute Gasteiger partial charge is 0.495 e. The van der Waals surface area contributed by atoms with Crippen LogP contribution >= 0.6 is 22.9 Å². The number of halogens is 1. The van der Waals surface area contributed by atoms with Gasteiger partial charge in [-0.3, -0.25) is 0 Å². The highest BCUT2D eigenvalue weighted by Gasteiger charge is 2.04. The average Bonchev–Trinajstić information content (AvgIpc) is 2.70. The highest BCUT2D eigenvalue weighted by molar-refractivity contribution is 7.07. The Bertz CT molecular complexity index is 428. The molecule has 0 atom stereocenters. The van der Waals surface area contributed by atoms with Crippen LogP contribution in [0.25, 0.3) is 11.3 Å². The third-order valence-electron chi connectivity index (χ3n) is 1.84. The molecule has 1 radical (unpaired) electrons. The van der Waals surface area contributed by atoms with Gasteiger partial charge >= 0.3 is 0 Å². The van der Waals surface area contributed by atoms with Crippen molar-refractivity contribution in [3.63, 3.8) is 0 Å². The fourth-order valence-electron chi connectivity index (χ4n) is 1.14. The Hall–Kier alpha value is -1.06. The lowest BCUT2D eigenvalue weighted by Gasteiger charge is -2.03. The Morgan fingerprint density at radius 1 is 1.50 bits per heavy atom. The highest BCUT2D eigenvalue weighted by Crippen LogP contribution is 2.29. The molecule has 1 aromatic heterocycles. The molecular weight excluding hydrogens is 218 g/mol. The summed E-state index contributed by atoms with van der Waals surface area (Å²) in [5.74, 6) is 0.676. The van der Waals surface area contributed by atoms with Gasteiger partial charge in [0.05, 0.1) is 17.8 Å². The predicted molar refractivity (Wildman–Crippen MR) is 57.9 cm³/mol. The molecule has 0 saturated heterocycles. The smallest absolute Gasteiger partial charge is 0.152 e. The molecule has 2 nitrogen and oxygen atoms in total. The first-order chi connectivity index (χ1) is 6.81. The number of thiazole rings is 1. The van der Waals surface area contributed by atoms with Gasteiger partial charge in [-0.1, -0.05) is 11.6 Å². The van der Waals surface area contributed by atoms with Crippen molar-refractivity contribution in [1.29, 1.82) is 0 Å². The quantitative estimate of drug-likeness (QED) is 0.781. The molecule has 1 aromatic carbocycles. The number of hydrogen-bond donors (Lipinski definition) is 0. The molecule has 0 N–H and O–H groups in total. The van der Waals surface area contributed by atoms with Crippen LogP contribution in [0.15, 0.2) is 23.6 Å². The van der Waals surface area contributed by atoms with Gasteiger partial charge in [-0.05, 0) is 18.2 Å². The molecule has 0 aliphatic rings. The number of hydrogen-bond acceptors (Lipinski definition) is 3. The van der Waals surface area contributed by atoms with E-state index >= 15 is 0 Å². The van der Waals surface area contributed by atoms with Gasteiger partial charge in [0.2, 0.25) is 0 Å². The SMILES string of the molecule is COc1ccc(-c2cs[c]n2)cc1Cl. The molecule has 2 rings (SSSR count). The van der Waals surface area contributed by atoms with E-state index in [1.165, 1.54) is 11.3 Å². The van der Waals surface area contributed by atoms with Crippen LogP contribution < -0.4 is 4.74 Å². The Balaban J connectivity index is 2.43. The Kier molecular flexibility index (Phi) is 2.70. The van der Waals surface area contributed by atoms with E-state index in [0.717, 1.165) is 11.3 Å². The molecule has 71 valence electrons. The number of benzene rings is 1. The molecule has 1 heterocycles. The summed E-state index contributed by atoms with van der Waals surface area (Å²) in [6.45, 7) is 0. The van der Waals surface area contributed by atoms with Crippen LogP contribution in [-0.4, -0.2) is 12.1 Å². The summed E-state index contributed by atoms with van der Waals surface area (Å²) in [6.07, 6.45) is 0. The molecule has 2 aromatic rings. The van der Waals surface area contributed by atoms with Crippen molar-refractivity contribution < 1.29 is 4.74 Å². The van der Waals surface area contributed by atoms with E-state index in [2.05, 4.69) is 10.5 Å². The second-order valence-corrected chi connectivity index (χ2v) is 3.73. The van der Waals surface area contributed by atoms with Gasteiger partial charge in [-0.15, -0.1) is 11.3 Å². The second-order valence-electron chi connectivity index (χ2n) is 2.67. The first-order valence-electron chi connectivity index (χ1n) is 3.97. The fraction of sp³-hybridized carbons (Fsp3) is 0.100. The van der Waals surface area contributed by atoms with Crippen molar-refractivity contribution >= 4 is 22.9 Å². The van der Waals surface area contributed by atoms with E-state index in [1.807, 2.05) is 23.6 Å². The third kappa shape index (κ3) is 1.74. The minimum Gasteiger partial charge on any atom is -0.495 e. The molecule has 0 bridgehead atoms. The molecule has 14 heavy (non-hydrogen) atoms. The van der Waals surface area contributed by atoms with Crippen LogP contribution in [0.3, 0.4) is 0 Å². The zero-order valence-corrected chi connectivity index (χ0v) is 9.02. The monoisotopic (exact) mass is 224 g/mol. The summed E-state index contributed by atoms with van der Waals surface area (Å²) >= 11 is 7.43. The molecule has 0 saturated carbocycles. The molecular formula is C10H7ClNOS. The van der Waals surface area contributed by atoms with Crippen LogP contribution in [0, 0.1) is 5.51 Å². The van der Waals surface area contributed by atoms with Crippen molar-refractivity contribution in [2.75, 3.05) is 7.11 Å². The number of methoxy groups -OCH3 is 1. The standard InChI is InChI=1S/C10H7ClNOS/c1-13-10-3-2-7(4-8(10)11)9-5-14-6-12-9/h2-5H,1H3. The number of rotatable bonds is 2. The lowest BCUT2D eigenvalue weighted by atomic mass is 10.2. The third-order valence-corrected chi connectivity index (χ3v) is 2.67. The van der Waals surface area contributed by atoms with Crippen molar-refractivity contribution in [1.82, 2.24) is 4.98 Å². The molecule has 0 aliphatic heterocycles. The Morgan fingerprint density at radius 3 is 2.93 bits per heavy atom. The Labute approximate surface area is 91.1 Å². The highest BCUT2D eigenvalue weighted by atomic mass is 35.5. The van der Waals surface area contributed by atoms with Gasteiger partial charge in [0.1, 0.15) is 5.75 Å². The number of ether oxygens (including phenoxy) is 1. The average molecular weight is 225 g/mol. The number of aromatic nitrogens is 1. The van der Waals surface area contributed by atoms with Crippen LogP contribution in [-0.2, 0) is 0 Å². The van der Waals surface area contributed by atoms with Crippen molar-refractivity contribution in [2.24, 2.45) is 0 Å². The normalized spacial score (nSPS) is 10.1. The summed E-state index contributed by atoms with van der Waals surface area (Å²) in [4.78, 5) is 4.08. The lowest BCUT2D eigenvalue weighted by Crippen LogP contribution is -1.84. The zero-order valence-electron chi connectivity index (χ0n) is 7.45. The molecule has 0 fully saturated rings. The van der Waals surface area contributed by atoms with Gasteiger partial charge in [0.25, 0.3) is 0 Å². The summed E-state index contributed by atoms with van der Waals surface area (Å²) in [7, 11) is 1.59. The molecule has 0 spiro atoms. The maximum atomic E-state index is 5.99. The van der Waals surface area contributed by atoms with Crippen molar-refractivity contribution in [2.45, 2.75) is 0 Å². The van der Waals surface area contributed by atoms with Gasteiger partial charge in [0.15, 0.2) is 5.51 Å². The Morgan fingerprint density at radius 2 is 2.36 bits per heavy atom. The predicted octanol–water partition coefficient (Wildman–Crippen LogP) is 3.27. The van der Waals surface area contributed by atoms with Gasteiger partial charge in [-0.2, -0.15) is 0 Å². The van der Waals surface area contributed by atoms with E-state index in [9.17, 15) is 0 Å². The fourth-order valence-corrected chi connectivity index (χ4v) is 1.90. The molecule has 0 aliphatic carbocycles. The topological polar surface area (TPSA) is 22.1 Å². The summed E-state index contributed by atoms with van der Waals surface area (Å²) in [5, 5.41) is 2.52. The zero-order chi connectivity index (χ0) is 9.97. The van der Waals surface area contributed by atoms with E-state index < -0.39 is 0 Å². The molecule has 0 unspecified atom stereocenters. The van der Waals surface area contributed by atoms with Gasteiger partial charge in [-0.25, -0.2) is 4.98 Å². The molecule has 4 heteroatoms. The summed E-state index contributed by atoms with van der Waals surface area (Å²) in [6, 6.07) is 5.59. The summed E-state index contributed by atoms with van der Waals surface area (Å²) in [5.41, 5.74) is 4.66. The lowest BCUT2D eigenvalue weighted by molar-refractivity contribution is 0.415. The minimum atomic E-state index is 0.595. The van der Waals surface area contributed by atoms with Crippen molar-refractivity contribution in [3.8, 4) is 17.0 Å². The van der Waals surface area contributed by atoms with Crippen LogP contribution in [0.2, 0.25) is 5.02 Å². The first kappa shape index (κ1) is 9.49. The summed E-state index contributed by atoms with van der Waals surface area (Å²) < 4.78 is 5.06. The maximum absolute atomic E-state index is 5.99. The van der Waals surface area contributed by atoms with Crippen LogP contribution in [0.5, 0.6) is 5.75 Å². The second kappa shape index (κ2) is 3.98. The maximum Gasteiger partial charge on any atom is 0.152 e. The van der Waals surface area contributed by atoms with Crippen molar-refractivity contribution in [3.05, 3.63) is 34.1 Å². The van der Waals surface area contributed by atoms with E-state index in [0.29, 0.717) is 10.8 Å². The van der Waals surface area contributed by atoms with E-state index in [-0.39, 0.29) is 0 Å².